The molecule has 0 atom stereocenters. The van der Waals surface area contributed by atoms with Crippen molar-refractivity contribution < 1.29 is 27.5 Å². The van der Waals surface area contributed by atoms with Crippen molar-refractivity contribution in [1.29, 1.82) is 0 Å². The van der Waals surface area contributed by atoms with Crippen LogP contribution in [0.15, 0.2) is 107 Å². The molecular formula is C32H24Cl2O6S. The van der Waals surface area contributed by atoms with Crippen molar-refractivity contribution in [2.24, 2.45) is 0 Å². The van der Waals surface area contributed by atoms with Crippen LogP contribution in [0.1, 0.15) is 22.3 Å². The summed E-state index contributed by atoms with van der Waals surface area (Å²) in [5.41, 5.74) is 2.48. The second-order valence-electron chi connectivity index (χ2n) is 8.97. The van der Waals surface area contributed by atoms with Gasteiger partial charge in [0, 0.05) is 22.2 Å². The van der Waals surface area contributed by atoms with E-state index in [-0.39, 0.29) is 21.3 Å². The number of aryl methyl sites for hydroxylation is 2. The highest BCUT2D eigenvalue weighted by molar-refractivity contribution is 7.91. The maximum absolute atomic E-state index is 13.3. The van der Waals surface area contributed by atoms with Crippen molar-refractivity contribution in [1.82, 2.24) is 0 Å². The van der Waals surface area contributed by atoms with E-state index >= 15 is 0 Å². The summed E-state index contributed by atoms with van der Waals surface area (Å²) in [7, 11) is -3.90. The fraction of sp³-hybridized carbons (Fsp3) is 0.0625. The van der Waals surface area contributed by atoms with E-state index in [0.29, 0.717) is 21.2 Å². The van der Waals surface area contributed by atoms with E-state index in [1.807, 2.05) is 0 Å². The molecule has 0 amide bonds. The molecular weight excluding hydrogens is 583 g/mol. The average molecular weight is 608 g/mol. The normalized spacial score (nSPS) is 11.6. The number of carbonyl (C=O) groups excluding carboxylic acids is 2. The molecule has 0 spiro atoms. The molecule has 0 aromatic heterocycles. The fourth-order valence-corrected chi connectivity index (χ4v) is 5.39. The molecule has 0 N–H and O–H groups in total. The minimum Gasteiger partial charge on any atom is -0.423 e. The van der Waals surface area contributed by atoms with E-state index in [9.17, 15) is 18.0 Å². The zero-order valence-corrected chi connectivity index (χ0v) is 24.3. The first-order valence-electron chi connectivity index (χ1n) is 12.3. The molecule has 4 aromatic rings. The van der Waals surface area contributed by atoms with Crippen molar-refractivity contribution in [2.75, 3.05) is 0 Å². The number of carbonyl (C=O) groups is 2. The third kappa shape index (κ3) is 7.95. The number of rotatable bonds is 8. The SMILES string of the molecule is Cc1cc(S(=O)(=O)c2ccc(OC(=O)/C=C/c3ccc(Cl)cc3)c(C)c2)ccc1OC(=O)/C=C/c1ccc(Cl)cc1. The molecule has 4 rings (SSSR count). The summed E-state index contributed by atoms with van der Waals surface area (Å²) in [6, 6.07) is 22.4. The Balaban J connectivity index is 1.43. The first-order valence-corrected chi connectivity index (χ1v) is 14.5. The molecule has 0 unspecified atom stereocenters. The van der Waals surface area contributed by atoms with E-state index < -0.39 is 21.8 Å². The van der Waals surface area contributed by atoms with Gasteiger partial charge in [0.1, 0.15) is 11.5 Å². The van der Waals surface area contributed by atoms with Gasteiger partial charge in [-0.2, -0.15) is 0 Å². The van der Waals surface area contributed by atoms with Gasteiger partial charge in [-0.15, -0.1) is 0 Å². The van der Waals surface area contributed by atoms with Gasteiger partial charge < -0.3 is 9.47 Å². The summed E-state index contributed by atoms with van der Waals surface area (Å²) in [4.78, 5) is 24.6. The highest BCUT2D eigenvalue weighted by atomic mass is 35.5. The average Bonchev–Trinajstić information content (AvgIpc) is 2.94. The first-order chi connectivity index (χ1) is 19.5. The van der Waals surface area contributed by atoms with Crippen molar-refractivity contribution in [3.63, 3.8) is 0 Å². The fourth-order valence-electron chi connectivity index (χ4n) is 3.70. The van der Waals surface area contributed by atoms with Crippen LogP contribution in [0.5, 0.6) is 11.5 Å². The van der Waals surface area contributed by atoms with Gasteiger partial charge in [-0.25, -0.2) is 18.0 Å². The summed E-state index contributed by atoms with van der Waals surface area (Å²) in [5.74, 6) is -0.746. The predicted molar refractivity (Wildman–Crippen MR) is 160 cm³/mol. The molecule has 0 saturated carbocycles. The Kier molecular flexibility index (Phi) is 9.45. The number of esters is 2. The Morgan fingerprint density at radius 1 is 0.610 bits per heavy atom. The maximum Gasteiger partial charge on any atom is 0.336 e. The van der Waals surface area contributed by atoms with Crippen LogP contribution in [0.2, 0.25) is 10.0 Å². The lowest BCUT2D eigenvalue weighted by atomic mass is 10.2. The summed E-state index contributed by atoms with van der Waals surface area (Å²) < 4.78 is 37.4. The van der Waals surface area contributed by atoms with Gasteiger partial charge in [-0.1, -0.05) is 47.5 Å². The third-order valence-corrected chi connectivity index (χ3v) is 8.15. The molecule has 208 valence electrons. The van der Waals surface area contributed by atoms with E-state index in [2.05, 4.69) is 0 Å². The smallest absolute Gasteiger partial charge is 0.336 e. The van der Waals surface area contributed by atoms with Crippen LogP contribution in [0, 0.1) is 13.8 Å². The van der Waals surface area contributed by atoms with Gasteiger partial charge in [-0.05, 0) is 109 Å². The minimum absolute atomic E-state index is 0.0292. The number of ether oxygens (including phenoxy) is 2. The van der Waals surface area contributed by atoms with E-state index in [4.69, 9.17) is 32.7 Å². The molecule has 4 aromatic carbocycles. The summed E-state index contributed by atoms with van der Waals surface area (Å²) in [6.45, 7) is 3.30. The Morgan fingerprint density at radius 2 is 0.976 bits per heavy atom. The molecule has 0 aliphatic rings. The van der Waals surface area contributed by atoms with Gasteiger partial charge in [0.05, 0.1) is 9.79 Å². The lowest BCUT2D eigenvalue weighted by Crippen LogP contribution is -2.08. The molecule has 0 saturated heterocycles. The third-order valence-electron chi connectivity index (χ3n) is 5.90. The number of halogens is 2. The van der Waals surface area contributed by atoms with Crippen molar-refractivity contribution >= 4 is 57.1 Å². The van der Waals surface area contributed by atoms with Gasteiger partial charge >= 0.3 is 11.9 Å². The van der Waals surface area contributed by atoms with Crippen LogP contribution in [0.25, 0.3) is 12.2 Å². The van der Waals surface area contributed by atoms with Gasteiger partial charge in [0.25, 0.3) is 0 Å². The number of hydrogen-bond acceptors (Lipinski definition) is 6. The van der Waals surface area contributed by atoms with Gasteiger partial charge in [0.2, 0.25) is 9.84 Å². The highest BCUT2D eigenvalue weighted by Gasteiger charge is 2.21. The number of benzene rings is 4. The number of hydrogen-bond donors (Lipinski definition) is 0. The van der Waals surface area contributed by atoms with Crippen LogP contribution < -0.4 is 9.47 Å². The Bertz CT molecular complexity index is 1630. The molecule has 0 radical (unpaired) electrons. The topological polar surface area (TPSA) is 86.7 Å². The Hall–Kier alpha value is -4.17. The van der Waals surface area contributed by atoms with Gasteiger partial charge in [-0.3, -0.25) is 0 Å². The summed E-state index contributed by atoms with van der Waals surface area (Å²) in [5, 5.41) is 1.17. The highest BCUT2D eigenvalue weighted by Crippen LogP contribution is 2.29. The maximum atomic E-state index is 13.3. The Labute approximate surface area is 248 Å². The minimum atomic E-state index is -3.90. The molecule has 0 aliphatic carbocycles. The lowest BCUT2D eigenvalue weighted by Gasteiger charge is -2.11. The first kappa shape index (κ1) is 29.8. The largest absolute Gasteiger partial charge is 0.423 e. The standard InChI is InChI=1S/C32H24Cl2O6S/c1-21-19-27(13-15-29(21)39-31(35)17-7-23-3-9-25(33)10-4-23)41(37,38)28-14-16-30(22(2)20-28)40-32(36)18-8-24-5-11-26(34)12-6-24/h3-20H,1-2H3/b17-7+,18-8+. The van der Waals surface area contributed by atoms with Crippen LogP contribution in [-0.4, -0.2) is 20.4 Å². The summed E-state index contributed by atoms with van der Waals surface area (Å²) >= 11 is 11.7. The van der Waals surface area contributed by atoms with E-state index in [1.165, 1.54) is 48.6 Å². The molecule has 0 bridgehead atoms. The second kappa shape index (κ2) is 13.0. The van der Waals surface area contributed by atoms with Crippen molar-refractivity contribution in [3.05, 3.63) is 129 Å². The van der Waals surface area contributed by atoms with Crippen LogP contribution in [0.4, 0.5) is 0 Å². The van der Waals surface area contributed by atoms with Gasteiger partial charge in [0.15, 0.2) is 0 Å². The summed E-state index contributed by atoms with van der Waals surface area (Å²) in [6.07, 6.45) is 5.73. The molecule has 6 nitrogen and oxygen atoms in total. The second-order valence-corrected chi connectivity index (χ2v) is 11.8. The molecule has 9 heteroatoms. The van der Waals surface area contributed by atoms with Crippen LogP contribution in [-0.2, 0) is 19.4 Å². The van der Waals surface area contributed by atoms with E-state index in [0.717, 1.165) is 11.1 Å². The van der Waals surface area contributed by atoms with Crippen molar-refractivity contribution in [3.8, 4) is 11.5 Å². The zero-order chi connectivity index (χ0) is 29.6. The zero-order valence-electron chi connectivity index (χ0n) is 22.0. The monoisotopic (exact) mass is 606 g/mol. The van der Waals surface area contributed by atoms with E-state index in [1.54, 1.807) is 74.5 Å². The Morgan fingerprint density at radius 3 is 1.32 bits per heavy atom. The van der Waals surface area contributed by atoms with Crippen molar-refractivity contribution in [2.45, 2.75) is 23.6 Å². The molecule has 0 heterocycles. The van der Waals surface area contributed by atoms with Crippen LogP contribution >= 0.6 is 23.2 Å². The predicted octanol–water partition coefficient (Wildman–Crippen LogP) is 7.68. The lowest BCUT2D eigenvalue weighted by molar-refractivity contribution is -0.129. The number of sulfone groups is 1. The molecule has 0 fully saturated rings. The van der Waals surface area contributed by atoms with Crippen LogP contribution in [0.3, 0.4) is 0 Å². The molecule has 41 heavy (non-hydrogen) atoms. The molecule has 0 aliphatic heterocycles. The quantitative estimate of drug-likeness (QED) is 0.116.